The molecule has 3 rings (SSSR count). The standard InChI is InChI=1S/C22H32N2O4/c1-14-9-21(4,5)13-22(10-14)19(26)24(20(27)23-22)11-17(25)12-28-18-15(2)7-6-8-16(18)3/h6-8,14,17,25H,9-13H2,1-5H3,(H,23,27)/t14-,17+,22-/m0/s1. The van der Waals surface area contributed by atoms with Crippen LogP contribution < -0.4 is 10.1 Å². The van der Waals surface area contributed by atoms with Gasteiger partial charge >= 0.3 is 6.03 Å². The third-order valence-corrected chi connectivity index (χ3v) is 5.85. The van der Waals surface area contributed by atoms with E-state index in [9.17, 15) is 14.7 Å². The van der Waals surface area contributed by atoms with Crippen molar-refractivity contribution in [3.63, 3.8) is 0 Å². The van der Waals surface area contributed by atoms with Crippen LogP contribution in [0.2, 0.25) is 0 Å². The van der Waals surface area contributed by atoms with Crippen molar-refractivity contribution in [3.05, 3.63) is 29.3 Å². The van der Waals surface area contributed by atoms with Crippen LogP contribution in [-0.4, -0.2) is 46.7 Å². The maximum absolute atomic E-state index is 13.1. The van der Waals surface area contributed by atoms with E-state index in [0.29, 0.717) is 18.8 Å². The van der Waals surface area contributed by atoms with Gasteiger partial charge in [0.2, 0.25) is 0 Å². The Morgan fingerprint density at radius 1 is 1.25 bits per heavy atom. The molecule has 1 aliphatic carbocycles. The number of nitrogens with one attached hydrogen (secondary N) is 1. The van der Waals surface area contributed by atoms with Gasteiger partial charge in [0.15, 0.2) is 0 Å². The van der Waals surface area contributed by atoms with Crippen molar-refractivity contribution in [2.45, 2.75) is 65.5 Å². The fourth-order valence-corrected chi connectivity index (χ4v) is 5.14. The molecule has 1 heterocycles. The van der Waals surface area contributed by atoms with Gasteiger partial charge < -0.3 is 15.2 Å². The lowest BCUT2D eigenvalue weighted by Crippen LogP contribution is -2.54. The van der Waals surface area contributed by atoms with Crippen molar-refractivity contribution in [1.29, 1.82) is 0 Å². The molecule has 2 N–H and O–H groups in total. The first-order valence-corrected chi connectivity index (χ1v) is 10.0. The average molecular weight is 389 g/mol. The van der Waals surface area contributed by atoms with E-state index < -0.39 is 17.7 Å². The van der Waals surface area contributed by atoms with Gasteiger partial charge in [0.25, 0.3) is 5.91 Å². The Bertz CT molecular complexity index is 756. The van der Waals surface area contributed by atoms with Gasteiger partial charge in [0.1, 0.15) is 24.0 Å². The van der Waals surface area contributed by atoms with Gasteiger partial charge in [-0.1, -0.05) is 39.0 Å². The second kappa shape index (κ2) is 7.39. The summed E-state index contributed by atoms with van der Waals surface area (Å²) in [6.45, 7) is 10.3. The van der Waals surface area contributed by atoms with Gasteiger partial charge in [0, 0.05) is 0 Å². The lowest BCUT2D eigenvalue weighted by Gasteiger charge is -2.43. The number of aliphatic hydroxyl groups excluding tert-OH is 1. The van der Waals surface area contributed by atoms with Crippen LogP contribution in [0.1, 0.15) is 51.2 Å². The topological polar surface area (TPSA) is 78.9 Å². The highest BCUT2D eigenvalue weighted by Crippen LogP contribution is 2.46. The number of aliphatic hydroxyl groups is 1. The Kier molecular flexibility index (Phi) is 5.45. The Balaban J connectivity index is 1.66. The average Bonchev–Trinajstić information content (AvgIpc) is 2.76. The minimum Gasteiger partial charge on any atom is -0.490 e. The van der Waals surface area contributed by atoms with E-state index in [1.807, 2.05) is 32.0 Å². The molecular weight excluding hydrogens is 356 g/mol. The number of β-amino-alcohol motifs (C(OH)–C–C–N with tert-alkyl or cyclic N) is 1. The largest absolute Gasteiger partial charge is 0.490 e. The zero-order valence-electron chi connectivity index (χ0n) is 17.5. The molecule has 1 saturated heterocycles. The van der Waals surface area contributed by atoms with E-state index in [2.05, 4.69) is 26.1 Å². The number of ether oxygens (including phenoxy) is 1. The van der Waals surface area contributed by atoms with Crippen LogP contribution in [0.5, 0.6) is 5.75 Å². The van der Waals surface area contributed by atoms with Gasteiger partial charge in [-0.05, 0) is 55.6 Å². The Morgan fingerprint density at radius 2 is 1.89 bits per heavy atom. The van der Waals surface area contributed by atoms with Crippen molar-refractivity contribution in [2.75, 3.05) is 13.2 Å². The summed E-state index contributed by atoms with van der Waals surface area (Å²) in [4.78, 5) is 26.8. The molecule has 6 heteroatoms. The van der Waals surface area contributed by atoms with Gasteiger partial charge in [-0.3, -0.25) is 9.69 Å². The van der Waals surface area contributed by atoms with E-state index in [-0.39, 0.29) is 24.5 Å². The second-order valence-corrected chi connectivity index (χ2v) is 9.47. The Morgan fingerprint density at radius 3 is 2.50 bits per heavy atom. The third-order valence-electron chi connectivity index (χ3n) is 5.85. The van der Waals surface area contributed by atoms with Crippen LogP contribution >= 0.6 is 0 Å². The van der Waals surface area contributed by atoms with Gasteiger partial charge in [0.05, 0.1) is 6.54 Å². The first kappa shape index (κ1) is 20.6. The molecule has 1 aromatic carbocycles. The van der Waals surface area contributed by atoms with Gasteiger partial charge in [-0.2, -0.15) is 0 Å². The van der Waals surface area contributed by atoms with Crippen LogP contribution in [0, 0.1) is 25.2 Å². The number of aryl methyl sites for hydroxylation is 2. The number of amides is 3. The number of benzene rings is 1. The maximum atomic E-state index is 13.1. The van der Waals surface area contributed by atoms with Crippen molar-refractivity contribution in [3.8, 4) is 5.75 Å². The Hall–Kier alpha value is -2.08. The molecule has 0 bridgehead atoms. The molecular formula is C22H32N2O4. The predicted molar refractivity (Wildman–Crippen MR) is 107 cm³/mol. The lowest BCUT2D eigenvalue weighted by molar-refractivity contribution is -0.135. The van der Waals surface area contributed by atoms with E-state index >= 15 is 0 Å². The summed E-state index contributed by atoms with van der Waals surface area (Å²) in [5.74, 6) is 0.867. The summed E-state index contributed by atoms with van der Waals surface area (Å²) < 4.78 is 5.78. The predicted octanol–water partition coefficient (Wildman–Crippen LogP) is 3.18. The zero-order valence-corrected chi connectivity index (χ0v) is 17.5. The molecule has 28 heavy (non-hydrogen) atoms. The van der Waals surface area contributed by atoms with Crippen LogP contribution in [0.25, 0.3) is 0 Å². The number of hydrogen-bond acceptors (Lipinski definition) is 4. The van der Waals surface area contributed by atoms with Gasteiger partial charge in [-0.15, -0.1) is 0 Å². The number of carbonyl (C=O) groups is 2. The summed E-state index contributed by atoms with van der Waals surface area (Å²) >= 11 is 0. The molecule has 154 valence electrons. The number of carbonyl (C=O) groups excluding carboxylic acids is 2. The van der Waals surface area contributed by atoms with Crippen molar-refractivity contribution in [2.24, 2.45) is 11.3 Å². The van der Waals surface area contributed by atoms with E-state index in [0.717, 1.165) is 28.2 Å². The molecule has 1 aliphatic heterocycles. The maximum Gasteiger partial charge on any atom is 0.325 e. The number of hydrogen-bond donors (Lipinski definition) is 2. The highest BCUT2D eigenvalue weighted by molar-refractivity contribution is 6.07. The summed E-state index contributed by atoms with van der Waals surface area (Å²) in [7, 11) is 0. The van der Waals surface area contributed by atoms with E-state index in [4.69, 9.17) is 4.74 Å². The minimum atomic E-state index is -0.946. The highest BCUT2D eigenvalue weighted by Gasteiger charge is 2.56. The summed E-state index contributed by atoms with van der Waals surface area (Å²) in [5.41, 5.74) is 1.12. The van der Waals surface area contributed by atoms with Crippen LogP contribution in [0.4, 0.5) is 4.79 Å². The molecule has 2 fully saturated rings. The van der Waals surface area contributed by atoms with Gasteiger partial charge in [-0.25, -0.2) is 4.79 Å². The fraction of sp³-hybridized carbons (Fsp3) is 0.636. The normalized spacial score (nSPS) is 27.8. The highest BCUT2D eigenvalue weighted by atomic mass is 16.5. The third kappa shape index (κ3) is 4.02. The molecule has 1 saturated carbocycles. The molecule has 3 atom stereocenters. The monoisotopic (exact) mass is 388 g/mol. The van der Waals surface area contributed by atoms with Crippen molar-refractivity contribution >= 4 is 11.9 Å². The smallest absolute Gasteiger partial charge is 0.325 e. The zero-order chi connectivity index (χ0) is 20.7. The molecule has 3 amide bonds. The SMILES string of the molecule is Cc1cccc(C)c1OC[C@H](O)CN1C(=O)N[C@]2(C[C@@H](C)CC(C)(C)C2)C1=O. The number of imide groups is 1. The molecule has 2 aliphatic rings. The van der Waals surface area contributed by atoms with Crippen LogP contribution in [0.15, 0.2) is 18.2 Å². The molecule has 0 radical (unpaired) electrons. The molecule has 0 unspecified atom stereocenters. The molecule has 6 nitrogen and oxygen atoms in total. The van der Waals surface area contributed by atoms with Crippen molar-refractivity contribution in [1.82, 2.24) is 10.2 Å². The molecule has 1 spiro atoms. The number of para-hydroxylation sites is 1. The quantitative estimate of drug-likeness (QED) is 0.760. The number of nitrogens with zero attached hydrogens (tertiary/aromatic N) is 1. The van der Waals surface area contributed by atoms with E-state index in [1.54, 1.807) is 0 Å². The number of urea groups is 1. The van der Waals surface area contributed by atoms with Crippen molar-refractivity contribution < 1.29 is 19.4 Å². The minimum absolute atomic E-state index is 0.0132. The molecule has 0 aromatic heterocycles. The first-order chi connectivity index (χ1) is 13.0. The summed E-state index contributed by atoms with van der Waals surface area (Å²) in [6, 6.07) is 5.43. The van der Waals surface area contributed by atoms with E-state index in [1.165, 1.54) is 0 Å². The van der Waals surface area contributed by atoms with Crippen LogP contribution in [-0.2, 0) is 4.79 Å². The number of rotatable bonds is 5. The summed E-state index contributed by atoms with van der Waals surface area (Å²) in [6.07, 6.45) is 1.36. The molecule has 1 aromatic rings. The summed E-state index contributed by atoms with van der Waals surface area (Å²) in [5, 5.41) is 13.4. The second-order valence-electron chi connectivity index (χ2n) is 9.47. The lowest BCUT2D eigenvalue weighted by atomic mass is 9.64. The fourth-order valence-electron chi connectivity index (χ4n) is 5.14. The Labute approximate surface area is 167 Å². The van der Waals surface area contributed by atoms with Crippen LogP contribution in [0.3, 0.4) is 0 Å². The first-order valence-electron chi connectivity index (χ1n) is 10.0.